The lowest BCUT2D eigenvalue weighted by atomic mass is 10.1. The molecular weight excluding hydrogens is 340 g/mol. The summed E-state index contributed by atoms with van der Waals surface area (Å²) in [6, 6.07) is 17.1. The molecule has 0 saturated heterocycles. The van der Waals surface area contributed by atoms with Crippen LogP contribution in [0.25, 0.3) is 21.9 Å². The van der Waals surface area contributed by atoms with Gasteiger partial charge in [-0.25, -0.2) is 14.8 Å². The van der Waals surface area contributed by atoms with Crippen LogP contribution in [0.4, 0.5) is 22.2 Å². The first kappa shape index (κ1) is 15.6. The molecule has 2 aromatic heterocycles. The number of para-hydroxylation sites is 2. The van der Waals surface area contributed by atoms with Crippen molar-refractivity contribution in [3.05, 3.63) is 54.6 Å². The van der Waals surface area contributed by atoms with Crippen LogP contribution in [0.5, 0.6) is 0 Å². The van der Waals surface area contributed by atoms with Gasteiger partial charge in [0.15, 0.2) is 5.82 Å². The number of anilines is 3. The highest BCUT2D eigenvalue weighted by Gasteiger charge is 2.34. The zero-order valence-electron chi connectivity index (χ0n) is 14.8. The van der Waals surface area contributed by atoms with Gasteiger partial charge in [0.25, 0.3) is 0 Å². The van der Waals surface area contributed by atoms with E-state index in [0.717, 1.165) is 22.1 Å². The van der Waals surface area contributed by atoms with Crippen molar-refractivity contribution in [3.63, 3.8) is 0 Å². The molecule has 0 radical (unpaired) electrons. The second-order valence-electron chi connectivity index (χ2n) is 6.75. The number of fused-ring (bicyclic) bond motifs is 5. The maximum Gasteiger partial charge on any atom is 0.328 e. The predicted octanol–water partition coefficient (Wildman–Crippen LogP) is 3.78. The Hall–Kier alpha value is -3.61. The number of nitrogens with two attached hydrogens (primary N) is 1. The van der Waals surface area contributed by atoms with Gasteiger partial charge in [0, 0.05) is 11.1 Å². The molecule has 27 heavy (non-hydrogen) atoms. The largest absolute Gasteiger partial charge is 0.382 e. The Bertz CT molecular complexity index is 1180. The molecule has 1 aliphatic heterocycles. The molecule has 0 spiro atoms. The number of aromatic nitrogens is 3. The van der Waals surface area contributed by atoms with Crippen molar-refractivity contribution in [2.45, 2.75) is 13.0 Å². The fourth-order valence-electron chi connectivity index (χ4n) is 3.73. The lowest BCUT2D eigenvalue weighted by Crippen LogP contribution is -2.34. The van der Waals surface area contributed by atoms with Crippen molar-refractivity contribution in [2.75, 3.05) is 22.5 Å². The molecule has 4 aromatic rings. The fourth-order valence-corrected chi connectivity index (χ4v) is 3.73. The Labute approximate surface area is 155 Å². The maximum atomic E-state index is 12.9. The van der Waals surface area contributed by atoms with Crippen LogP contribution in [0.15, 0.2) is 54.6 Å². The van der Waals surface area contributed by atoms with Crippen molar-refractivity contribution in [1.82, 2.24) is 14.5 Å². The van der Waals surface area contributed by atoms with Gasteiger partial charge in [-0.15, -0.1) is 0 Å². The van der Waals surface area contributed by atoms with Crippen LogP contribution < -0.4 is 16.0 Å². The van der Waals surface area contributed by atoms with E-state index in [4.69, 9.17) is 5.73 Å². The number of nitrogen functional groups attached to an aromatic ring is 1. The first-order valence-electron chi connectivity index (χ1n) is 8.83. The summed E-state index contributed by atoms with van der Waals surface area (Å²) < 4.78 is 2.08. The molecule has 3 heterocycles. The van der Waals surface area contributed by atoms with Crippen molar-refractivity contribution in [3.8, 4) is 0 Å². The van der Waals surface area contributed by atoms with Crippen molar-refractivity contribution >= 4 is 45.4 Å². The first-order chi connectivity index (χ1) is 13.1. The Kier molecular flexibility index (Phi) is 3.30. The van der Waals surface area contributed by atoms with E-state index in [1.807, 2.05) is 54.6 Å². The summed E-state index contributed by atoms with van der Waals surface area (Å²) in [4.78, 5) is 23.7. The number of nitrogens with zero attached hydrogens (tertiary/aromatic N) is 4. The van der Waals surface area contributed by atoms with Gasteiger partial charge in [-0.3, -0.25) is 4.90 Å². The number of carbonyl (C=O) groups excluding carboxylic acids is 1. The molecule has 1 unspecified atom stereocenters. The fraction of sp³-hybridized carbons (Fsp3) is 0.150. The monoisotopic (exact) mass is 358 g/mol. The van der Waals surface area contributed by atoms with Gasteiger partial charge in [0.05, 0.1) is 23.6 Å². The minimum absolute atomic E-state index is 0.0803. The van der Waals surface area contributed by atoms with Gasteiger partial charge in [-0.2, -0.15) is 0 Å². The number of urea groups is 1. The van der Waals surface area contributed by atoms with Crippen molar-refractivity contribution in [1.29, 1.82) is 0 Å². The predicted molar refractivity (Wildman–Crippen MR) is 107 cm³/mol. The number of carbonyl (C=O) groups is 1. The molecule has 0 bridgehead atoms. The molecule has 7 nitrogen and oxygen atoms in total. The molecule has 7 heteroatoms. The zero-order chi connectivity index (χ0) is 18.5. The van der Waals surface area contributed by atoms with Gasteiger partial charge >= 0.3 is 6.03 Å². The summed E-state index contributed by atoms with van der Waals surface area (Å²) in [5.41, 5.74) is 9.30. The van der Waals surface area contributed by atoms with E-state index in [1.165, 1.54) is 0 Å². The van der Waals surface area contributed by atoms with Crippen LogP contribution in [0.1, 0.15) is 13.0 Å². The highest BCUT2D eigenvalue weighted by molar-refractivity contribution is 6.09. The van der Waals surface area contributed by atoms with Crippen LogP contribution in [0.2, 0.25) is 0 Å². The number of hydrogen-bond acceptors (Lipinski definition) is 4. The molecule has 134 valence electrons. The van der Waals surface area contributed by atoms with Gasteiger partial charge < -0.3 is 15.6 Å². The molecule has 5 rings (SSSR count). The zero-order valence-corrected chi connectivity index (χ0v) is 14.8. The third-order valence-corrected chi connectivity index (χ3v) is 4.93. The third-order valence-electron chi connectivity index (χ3n) is 4.93. The average molecular weight is 358 g/mol. The van der Waals surface area contributed by atoms with Crippen molar-refractivity contribution in [2.24, 2.45) is 0 Å². The molecule has 0 fully saturated rings. The Morgan fingerprint density at radius 3 is 2.67 bits per heavy atom. The van der Waals surface area contributed by atoms with Crippen LogP contribution in [-0.4, -0.2) is 27.1 Å². The van der Waals surface area contributed by atoms with Gasteiger partial charge in [0.1, 0.15) is 5.52 Å². The van der Waals surface area contributed by atoms with E-state index in [0.29, 0.717) is 23.8 Å². The normalized spacial score (nSPS) is 16.0. The Morgan fingerprint density at radius 1 is 1.11 bits per heavy atom. The lowest BCUT2D eigenvalue weighted by molar-refractivity contribution is 0.257. The molecule has 2 amide bonds. The molecule has 1 atom stereocenters. The van der Waals surface area contributed by atoms with Gasteiger partial charge in [0.2, 0.25) is 5.95 Å². The summed E-state index contributed by atoms with van der Waals surface area (Å²) in [7, 11) is 0. The van der Waals surface area contributed by atoms with Crippen LogP contribution in [-0.2, 0) is 0 Å². The number of nitrogens with one attached hydrogen (secondary N) is 1. The van der Waals surface area contributed by atoms with Gasteiger partial charge in [-0.05, 0) is 25.1 Å². The summed E-state index contributed by atoms with van der Waals surface area (Å²) in [5.74, 6) is 0.969. The molecule has 3 N–H and O–H groups in total. The van der Waals surface area contributed by atoms with E-state index in [1.54, 1.807) is 4.90 Å². The molecule has 0 aliphatic carbocycles. The van der Waals surface area contributed by atoms with E-state index in [-0.39, 0.29) is 12.1 Å². The van der Waals surface area contributed by atoms with E-state index >= 15 is 0 Å². The van der Waals surface area contributed by atoms with E-state index < -0.39 is 0 Å². The van der Waals surface area contributed by atoms with Crippen molar-refractivity contribution < 1.29 is 4.79 Å². The highest BCUT2D eigenvalue weighted by Crippen LogP contribution is 2.38. The Morgan fingerprint density at radius 2 is 1.85 bits per heavy atom. The number of amides is 2. The van der Waals surface area contributed by atoms with Crippen LogP contribution >= 0.6 is 0 Å². The summed E-state index contributed by atoms with van der Waals surface area (Å²) in [5, 5.41) is 3.91. The van der Waals surface area contributed by atoms with Crippen LogP contribution in [0, 0.1) is 0 Å². The highest BCUT2D eigenvalue weighted by atomic mass is 16.2. The number of rotatable bonds is 1. The average Bonchev–Trinajstić information content (AvgIpc) is 3.22. The number of hydrogen-bond donors (Lipinski definition) is 2. The second kappa shape index (κ2) is 5.70. The SMILES string of the molecule is CC1CN(C(=O)Nc2ccccc2)c2nc3c(N)nc4ccccc4c3n21. The smallest absolute Gasteiger partial charge is 0.328 e. The van der Waals surface area contributed by atoms with E-state index in [9.17, 15) is 4.79 Å². The molecule has 1 aliphatic rings. The summed E-state index contributed by atoms with van der Waals surface area (Å²) >= 11 is 0. The van der Waals surface area contributed by atoms with Crippen LogP contribution in [0.3, 0.4) is 0 Å². The minimum Gasteiger partial charge on any atom is -0.382 e. The lowest BCUT2D eigenvalue weighted by Gasteiger charge is -2.15. The molecular formula is C20H18N6O. The number of benzene rings is 2. The standard InChI is InChI=1S/C20H18N6O/c1-12-11-25(20(27)22-13-7-3-2-4-8-13)19-24-16-17(26(12)19)14-9-5-6-10-15(14)23-18(16)21/h2-10,12H,11H2,1H3,(H2,21,23)(H,22,27). The number of imidazole rings is 1. The second-order valence-corrected chi connectivity index (χ2v) is 6.75. The minimum atomic E-state index is -0.210. The topological polar surface area (TPSA) is 89.1 Å². The summed E-state index contributed by atoms with van der Waals surface area (Å²) in [6.45, 7) is 2.62. The molecule has 2 aromatic carbocycles. The number of pyridine rings is 1. The molecule has 0 saturated carbocycles. The third kappa shape index (κ3) is 2.32. The maximum absolute atomic E-state index is 12.9. The van der Waals surface area contributed by atoms with E-state index in [2.05, 4.69) is 26.8 Å². The summed E-state index contributed by atoms with van der Waals surface area (Å²) in [6.07, 6.45) is 0. The van der Waals surface area contributed by atoms with Gasteiger partial charge in [-0.1, -0.05) is 36.4 Å². The quantitative estimate of drug-likeness (QED) is 0.542. The Balaban J connectivity index is 1.65. The first-order valence-corrected chi connectivity index (χ1v) is 8.83.